The highest BCUT2D eigenvalue weighted by Gasteiger charge is 2.25. The molecule has 2 aromatic carbocycles. The van der Waals surface area contributed by atoms with Gasteiger partial charge in [-0.3, -0.25) is 9.69 Å². The first-order chi connectivity index (χ1) is 17.1. The molecule has 0 radical (unpaired) electrons. The maximum atomic E-state index is 11.9. The summed E-state index contributed by atoms with van der Waals surface area (Å²) in [6.45, 7) is 5.64. The molecule has 0 aliphatic carbocycles. The molecule has 3 aliphatic rings. The number of fused-ring (bicyclic) bond motifs is 4. The number of benzene rings is 2. The summed E-state index contributed by atoms with van der Waals surface area (Å²) >= 11 is 0. The zero-order valence-electron chi connectivity index (χ0n) is 19.8. The smallest absolute Gasteiger partial charge is 0.148 e. The Balaban J connectivity index is 0.000000265. The minimum absolute atomic E-state index is 0.0644. The molecule has 0 amide bonds. The number of hydrogen-bond donors (Lipinski definition) is 2. The number of rotatable bonds is 5. The van der Waals surface area contributed by atoms with Crippen molar-refractivity contribution in [3.05, 3.63) is 90.3 Å². The van der Waals surface area contributed by atoms with E-state index in [2.05, 4.69) is 43.7 Å². The number of ether oxygens (including phenoxy) is 1. The molecule has 5 heterocycles. The number of carbonyl (C=O) groups excluding carboxylic acids is 1. The lowest BCUT2D eigenvalue weighted by Crippen LogP contribution is -2.53. The number of hydrogen-bond acceptors (Lipinski definition) is 7. The van der Waals surface area contributed by atoms with Crippen LogP contribution in [0.5, 0.6) is 5.75 Å². The number of aromatic nitrogens is 2. The molecule has 7 heteroatoms. The van der Waals surface area contributed by atoms with Crippen LogP contribution in [-0.2, 0) is 17.9 Å². The van der Waals surface area contributed by atoms with Crippen LogP contribution >= 0.6 is 0 Å². The van der Waals surface area contributed by atoms with Gasteiger partial charge in [0, 0.05) is 44.0 Å². The Hall–Kier alpha value is -3.81. The van der Waals surface area contributed by atoms with Crippen molar-refractivity contribution in [3.8, 4) is 5.75 Å². The number of nitrogens with one attached hydrogen (secondary N) is 2. The molecule has 2 aromatic heterocycles. The quantitative estimate of drug-likeness (QED) is 0.453. The Morgan fingerprint density at radius 2 is 1.86 bits per heavy atom. The number of Topliss-reactive ketones (excluding diaryl/α,β-unsaturated/α-hetero) is 1. The molecule has 7 nitrogen and oxygen atoms in total. The molecule has 35 heavy (non-hydrogen) atoms. The van der Waals surface area contributed by atoms with Gasteiger partial charge >= 0.3 is 0 Å². The van der Waals surface area contributed by atoms with Gasteiger partial charge in [0.25, 0.3) is 0 Å². The fraction of sp³-hybridized carbons (Fsp3) is 0.250. The number of nitrogens with zero attached hydrogens (tertiary/aromatic N) is 3. The summed E-state index contributed by atoms with van der Waals surface area (Å²) in [5.41, 5.74) is 2.39. The van der Waals surface area contributed by atoms with Crippen molar-refractivity contribution in [2.75, 3.05) is 25.0 Å². The highest BCUT2D eigenvalue weighted by Crippen LogP contribution is 2.21. The Kier molecular flexibility index (Phi) is 6.97. The van der Waals surface area contributed by atoms with Crippen LogP contribution in [0.25, 0.3) is 10.8 Å². The summed E-state index contributed by atoms with van der Waals surface area (Å²) in [6.07, 6.45) is 3.66. The normalized spacial score (nSPS) is 16.8. The molecular formula is C28H29N5O2. The minimum Gasteiger partial charge on any atom is -0.489 e. The van der Waals surface area contributed by atoms with Crippen LogP contribution in [0.1, 0.15) is 18.1 Å². The average molecular weight is 468 g/mol. The lowest BCUT2D eigenvalue weighted by Gasteiger charge is -2.34. The van der Waals surface area contributed by atoms with Crippen molar-refractivity contribution in [2.45, 2.75) is 26.1 Å². The molecule has 1 saturated heterocycles. The number of ketones is 1. The van der Waals surface area contributed by atoms with E-state index in [1.54, 1.807) is 13.1 Å². The van der Waals surface area contributed by atoms with Gasteiger partial charge in [-0.25, -0.2) is 9.97 Å². The van der Waals surface area contributed by atoms with E-state index in [1.165, 1.54) is 5.56 Å². The van der Waals surface area contributed by atoms with Crippen molar-refractivity contribution in [3.63, 3.8) is 0 Å². The fourth-order valence-corrected chi connectivity index (χ4v) is 4.34. The molecule has 3 aliphatic heterocycles. The number of anilines is 2. The largest absolute Gasteiger partial charge is 0.489 e. The fourth-order valence-electron chi connectivity index (χ4n) is 4.34. The van der Waals surface area contributed by atoms with Crippen LogP contribution in [-0.4, -0.2) is 46.3 Å². The first-order valence-corrected chi connectivity index (χ1v) is 11.9. The highest BCUT2D eigenvalue weighted by molar-refractivity contribution is 5.84. The second kappa shape index (κ2) is 10.6. The molecule has 1 fully saturated rings. The first-order valence-electron chi connectivity index (χ1n) is 11.9. The average Bonchev–Trinajstić information content (AvgIpc) is 2.90. The van der Waals surface area contributed by atoms with E-state index in [0.29, 0.717) is 6.54 Å². The zero-order chi connectivity index (χ0) is 24.0. The molecule has 4 aromatic rings. The van der Waals surface area contributed by atoms with E-state index < -0.39 is 0 Å². The predicted octanol–water partition coefficient (Wildman–Crippen LogP) is 4.32. The lowest BCUT2D eigenvalue weighted by atomic mass is 10.1. The number of piperazine rings is 1. The highest BCUT2D eigenvalue weighted by atomic mass is 16.5. The van der Waals surface area contributed by atoms with Gasteiger partial charge in [0.2, 0.25) is 0 Å². The molecule has 2 bridgehead atoms. The van der Waals surface area contributed by atoms with Gasteiger partial charge in [-0.05, 0) is 53.8 Å². The Morgan fingerprint density at radius 1 is 1.06 bits per heavy atom. The van der Waals surface area contributed by atoms with Crippen molar-refractivity contribution < 1.29 is 9.53 Å². The monoisotopic (exact) mass is 467 g/mol. The van der Waals surface area contributed by atoms with Crippen molar-refractivity contribution in [1.82, 2.24) is 20.2 Å². The summed E-state index contributed by atoms with van der Waals surface area (Å²) in [6, 6.07) is 22.2. The third-order valence-electron chi connectivity index (χ3n) is 6.25. The zero-order valence-corrected chi connectivity index (χ0v) is 19.8. The van der Waals surface area contributed by atoms with Crippen LogP contribution in [0.4, 0.5) is 11.6 Å². The Bertz CT molecular complexity index is 1290. The number of pyridine rings is 2. The minimum atomic E-state index is -0.0644. The second-order valence-corrected chi connectivity index (χ2v) is 8.82. The molecule has 0 saturated carbocycles. The van der Waals surface area contributed by atoms with Crippen LogP contribution in [0.15, 0.2) is 79.1 Å². The van der Waals surface area contributed by atoms with Gasteiger partial charge in [0.05, 0.1) is 6.04 Å². The molecule has 7 rings (SSSR count). The van der Waals surface area contributed by atoms with Crippen LogP contribution in [0, 0.1) is 0 Å². The van der Waals surface area contributed by atoms with E-state index in [9.17, 15) is 4.79 Å². The Morgan fingerprint density at radius 3 is 2.54 bits per heavy atom. The third-order valence-corrected chi connectivity index (χ3v) is 6.25. The summed E-state index contributed by atoms with van der Waals surface area (Å²) in [7, 11) is 0. The van der Waals surface area contributed by atoms with E-state index in [-0.39, 0.29) is 11.8 Å². The van der Waals surface area contributed by atoms with Crippen LogP contribution in [0.3, 0.4) is 0 Å². The topological polar surface area (TPSA) is 79.4 Å². The maximum Gasteiger partial charge on any atom is 0.148 e. The summed E-state index contributed by atoms with van der Waals surface area (Å²) in [5.74, 6) is 2.71. The van der Waals surface area contributed by atoms with Crippen molar-refractivity contribution in [2.24, 2.45) is 0 Å². The number of carbonyl (C=O) groups is 1. The van der Waals surface area contributed by atoms with Crippen LogP contribution in [0.2, 0.25) is 0 Å². The predicted molar refractivity (Wildman–Crippen MR) is 138 cm³/mol. The molecule has 178 valence electrons. The van der Waals surface area contributed by atoms with Gasteiger partial charge in [0.15, 0.2) is 0 Å². The Labute approximate surface area is 205 Å². The molecule has 0 spiro atoms. The molecular weight excluding hydrogens is 438 g/mol. The van der Waals surface area contributed by atoms with Gasteiger partial charge in [0.1, 0.15) is 29.8 Å². The van der Waals surface area contributed by atoms with E-state index in [0.717, 1.165) is 60.0 Å². The van der Waals surface area contributed by atoms with Gasteiger partial charge < -0.3 is 15.4 Å². The molecule has 1 atom stereocenters. The summed E-state index contributed by atoms with van der Waals surface area (Å²) in [4.78, 5) is 23.0. The first kappa shape index (κ1) is 23.0. The molecule has 1 unspecified atom stereocenters. The van der Waals surface area contributed by atoms with Crippen molar-refractivity contribution in [1.29, 1.82) is 0 Å². The van der Waals surface area contributed by atoms with Gasteiger partial charge in [-0.2, -0.15) is 0 Å². The van der Waals surface area contributed by atoms with E-state index in [4.69, 9.17) is 4.74 Å². The standard InChI is InChI=1S/C21H23N5O.C7H6O/c1-15(27)19-13-22-8-9-26(19)14-16-6-7-23-20(10-16)25-21-11-17-4-2-3-5-18(17)12-24-21;1-3-7-4-2-6(1)5-8-7/h2-7,10-12,19,22H,8-9,13-14H2,1H3,(H,23,24,25);1-4H,5H2. The van der Waals surface area contributed by atoms with E-state index in [1.807, 2.05) is 54.7 Å². The second-order valence-electron chi connectivity index (χ2n) is 8.82. The third kappa shape index (κ3) is 5.82. The lowest BCUT2D eigenvalue weighted by molar-refractivity contribution is -0.122. The maximum absolute atomic E-state index is 11.9. The SMILES string of the molecule is CC(=O)C1CNCCN1Cc1ccnc(Nc2cc3ccccc3cn2)c1.c1cc2ccc1CO2. The van der Waals surface area contributed by atoms with Gasteiger partial charge in [-0.1, -0.05) is 36.4 Å². The summed E-state index contributed by atoms with van der Waals surface area (Å²) in [5, 5.41) is 8.83. The van der Waals surface area contributed by atoms with Crippen molar-refractivity contribution >= 4 is 28.2 Å². The van der Waals surface area contributed by atoms with E-state index >= 15 is 0 Å². The van der Waals surface area contributed by atoms with Gasteiger partial charge in [-0.15, -0.1) is 0 Å². The molecule has 2 N–H and O–H groups in total. The van der Waals surface area contributed by atoms with Crippen LogP contribution < -0.4 is 15.4 Å². The summed E-state index contributed by atoms with van der Waals surface area (Å²) < 4.78 is 5.18.